The second-order valence-corrected chi connectivity index (χ2v) is 5.50. The van der Waals surface area contributed by atoms with Crippen LogP contribution in [0.15, 0.2) is 29.4 Å². The highest BCUT2D eigenvalue weighted by Crippen LogP contribution is 2.19. The summed E-state index contributed by atoms with van der Waals surface area (Å²) in [5.74, 6) is 0.705. The molecule has 0 aliphatic heterocycles. The number of nitrogens with zero attached hydrogens (tertiary/aromatic N) is 2. The van der Waals surface area contributed by atoms with E-state index in [0.29, 0.717) is 0 Å². The highest BCUT2D eigenvalue weighted by atomic mass is 127. The van der Waals surface area contributed by atoms with Crippen molar-refractivity contribution in [1.29, 1.82) is 0 Å². The van der Waals surface area contributed by atoms with Gasteiger partial charge in [-0.2, -0.15) is 0 Å². The third-order valence-corrected chi connectivity index (χ3v) is 3.83. The van der Waals surface area contributed by atoms with Gasteiger partial charge in [0.2, 0.25) is 0 Å². The minimum atomic E-state index is -0.211. The van der Waals surface area contributed by atoms with Crippen LogP contribution in [-0.2, 0) is 6.42 Å². The van der Waals surface area contributed by atoms with Crippen LogP contribution in [0.5, 0.6) is 0 Å². The third kappa shape index (κ3) is 5.37. The quantitative estimate of drug-likeness (QED) is 0.415. The molecule has 1 aromatic heterocycles. The standard InChI is InChI=1S/C17H25FN4.HI/c1-4-5-10-22(3)17(19-2)20-9-8-13-12-21-16-11-14(18)6-7-15(13)16;/h6-7,11-12,21H,4-5,8-10H2,1-3H3,(H,19,20);1H. The maximum Gasteiger partial charge on any atom is 0.193 e. The Hall–Kier alpha value is -1.31. The van der Waals surface area contributed by atoms with E-state index in [-0.39, 0.29) is 29.8 Å². The van der Waals surface area contributed by atoms with Gasteiger partial charge in [0.15, 0.2) is 5.96 Å². The summed E-state index contributed by atoms with van der Waals surface area (Å²) >= 11 is 0. The van der Waals surface area contributed by atoms with Crippen molar-refractivity contribution >= 4 is 40.8 Å². The summed E-state index contributed by atoms with van der Waals surface area (Å²) in [7, 11) is 3.86. The molecule has 2 aromatic rings. The molecule has 0 bridgehead atoms. The zero-order valence-corrected chi connectivity index (χ0v) is 16.4. The molecular formula is C17H26FIN4. The Bertz CT molecular complexity index is 639. The molecule has 2 N–H and O–H groups in total. The lowest BCUT2D eigenvalue weighted by atomic mass is 10.1. The molecule has 0 unspecified atom stereocenters. The summed E-state index contributed by atoms with van der Waals surface area (Å²) in [6.45, 7) is 3.99. The van der Waals surface area contributed by atoms with E-state index in [1.165, 1.54) is 24.1 Å². The van der Waals surface area contributed by atoms with Crippen LogP contribution in [0, 0.1) is 5.82 Å². The van der Waals surface area contributed by atoms with Crippen molar-refractivity contribution in [3.8, 4) is 0 Å². The Morgan fingerprint density at radius 1 is 1.39 bits per heavy atom. The van der Waals surface area contributed by atoms with Crippen molar-refractivity contribution in [3.05, 3.63) is 35.8 Å². The summed E-state index contributed by atoms with van der Waals surface area (Å²) in [6, 6.07) is 4.87. The monoisotopic (exact) mass is 432 g/mol. The molecule has 128 valence electrons. The van der Waals surface area contributed by atoms with Crippen molar-refractivity contribution in [1.82, 2.24) is 15.2 Å². The van der Waals surface area contributed by atoms with E-state index >= 15 is 0 Å². The first kappa shape index (κ1) is 19.7. The fraction of sp³-hybridized carbons (Fsp3) is 0.471. The number of H-pyrrole nitrogens is 1. The van der Waals surface area contributed by atoms with Gasteiger partial charge in [0.05, 0.1) is 0 Å². The molecule has 0 aliphatic rings. The van der Waals surface area contributed by atoms with Gasteiger partial charge in [-0.25, -0.2) is 4.39 Å². The SMILES string of the molecule is CCCCN(C)C(=NC)NCCc1c[nH]c2cc(F)ccc12.I. The van der Waals surface area contributed by atoms with Crippen LogP contribution in [-0.4, -0.2) is 43.0 Å². The molecule has 0 spiro atoms. The zero-order valence-electron chi connectivity index (χ0n) is 14.0. The highest BCUT2D eigenvalue weighted by Gasteiger charge is 2.07. The van der Waals surface area contributed by atoms with Crippen LogP contribution < -0.4 is 5.32 Å². The Labute approximate surface area is 154 Å². The van der Waals surface area contributed by atoms with Gasteiger partial charge in [0.25, 0.3) is 0 Å². The Balaban J connectivity index is 0.00000264. The molecule has 0 aliphatic carbocycles. The van der Waals surface area contributed by atoms with Crippen LogP contribution in [0.2, 0.25) is 0 Å². The number of hydrogen-bond donors (Lipinski definition) is 2. The molecule has 23 heavy (non-hydrogen) atoms. The predicted molar refractivity (Wildman–Crippen MR) is 106 cm³/mol. The number of aromatic nitrogens is 1. The first-order valence-electron chi connectivity index (χ1n) is 7.83. The summed E-state index contributed by atoms with van der Waals surface area (Å²) in [4.78, 5) is 9.58. The summed E-state index contributed by atoms with van der Waals surface area (Å²) < 4.78 is 13.2. The highest BCUT2D eigenvalue weighted by molar-refractivity contribution is 14.0. The molecule has 1 aromatic carbocycles. The predicted octanol–water partition coefficient (Wildman–Crippen LogP) is 3.77. The molecule has 0 radical (unpaired) electrons. The Kier molecular flexibility index (Phi) is 8.36. The minimum absolute atomic E-state index is 0. The lowest BCUT2D eigenvalue weighted by Crippen LogP contribution is -2.40. The van der Waals surface area contributed by atoms with Gasteiger partial charge in [-0.1, -0.05) is 13.3 Å². The van der Waals surface area contributed by atoms with Crippen molar-refractivity contribution in [3.63, 3.8) is 0 Å². The van der Waals surface area contributed by atoms with E-state index in [2.05, 4.69) is 34.2 Å². The van der Waals surface area contributed by atoms with Gasteiger partial charge in [0.1, 0.15) is 5.82 Å². The van der Waals surface area contributed by atoms with Gasteiger partial charge >= 0.3 is 0 Å². The summed E-state index contributed by atoms with van der Waals surface area (Å²) in [5.41, 5.74) is 2.04. The van der Waals surface area contributed by atoms with Crippen molar-refractivity contribution in [2.75, 3.05) is 27.2 Å². The van der Waals surface area contributed by atoms with Crippen molar-refractivity contribution < 1.29 is 4.39 Å². The molecule has 0 saturated carbocycles. The average molecular weight is 432 g/mol. The van der Waals surface area contributed by atoms with Crippen LogP contribution in [0.3, 0.4) is 0 Å². The molecule has 0 fully saturated rings. The van der Waals surface area contributed by atoms with Crippen LogP contribution >= 0.6 is 24.0 Å². The molecule has 2 rings (SSSR count). The number of nitrogens with one attached hydrogen (secondary N) is 2. The molecule has 0 saturated heterocycles. The number of benzene rings is 1. The van der Waals surface area contributed by atoms with Gasteiger partial charge < -0.3 is 15.2 Å². The second-order valence-electron chi connectivity index (χ2n) is 5.50. The maximum absolute atomic E-state index is 13.2. The molecule has 0 amide bonds. The lowest BCUT2D eigenvalue weighted by Gasteiger charge is -2.21. The second kappa shape index (κ2) is 9.75. The van der Waals surface area contributed by atoms with Gasteiger partial charge in [-0.15, -0.1) is 24.0 Å². The third-order valence-electron chi connectivity index (χ3n) is 3.83. The number of unbranched alkanes of at least 4 members (excludes halogenated alkanes) is 1. The van der Waals surface area contributed by atoms with E-state index in [4.69, 9.17) is 0 Å². The number of halogens is 2. The molecular weight excluding hydrogens is 406 g/mol. The first-order chi connectivity index (χ1) is 10.7. The van der Waals surface area contributed by atoms with Gasteiger partial charge in [-0.05, 0) is 36.6 Å². The van der Waals surface area contributed by atoms with Crippen molar-refractivity contribution in [2.45, 2.75) is 26.2 Å². The van der Waals surface area contributed by atoms with Gasteiger partial charge in [0, 0.05) is 44.3 Å². The van der Waals surface area contributed by atoms with Crippen LogP contribution in [0.1, 0.15) is 25.3 Å². The van der Waals surface area contributed by atoms with Gasteiger partial charge in [-0.3, -0.25) is 4.99 Å². The molecule has 0 atom stereocenters. The number of fused-ring (bicyclic) bond motifs is 1. The number of aliphatic imine (C=N–C) groups is 1. The minimum Gasteiger partial charge on any atom is -0.361 e. The van der Waals surface area contributed by atoms with Crippen LogP contribution in [0.4, 0.5) is 4.39 Å². The topological polar surface area (TPSA) is 43.4 Å². The number of aromatic amines is 1. The first-order valence-corrected chi connectivity index (χ1v) is 7.83. The number of rotatable bonds is 6. The smallest absolute Gasteiger partial charge is 0.193 e. The summed E-state index contributed by atoms with van der Waals surface area (Å²) in [5, 5.41) is 4.46. The maximum atomic E-state index is 13.2. The van der Waals surface area contributed by atoms with E-state index < -0.39 is 0 Å². The van der Waals surface area contributed by atoms with E-state index in [1.807, 2.05) is 12.3 Å². The molecule has 1 heterocycles. The van der Waals surface area contributed by atoms with Crippen LogP contribution in [0.25, 0.3) is 10.9 Å². The molecule has 6 heteroatoms. The lowest BCUT2D eigenvalue weighted by molar-refractivity contribution is 0.465. The number of hydrogen-bond acceptors (Lipinski definition) is 1. The largest absolute Gasteiger partial charge is 0.361 e. The normalized spacial score (nSPS) is 11.4. The molecule has 4 nitrogen and oxygen atoms in total. The number of guanidine groups is 1. The van der Waals surface area contributed by atoms with Crippen molar-refractivity contribution in [2.24, 2.45) is 4.99 Å². The Morgan fingerprint density at radius 3 is 2.87 bits per heavy atom. The fourth-order valence-electron chi connectivity index (χ4n) is 2.56. The average Bonchev–Trinajstić information content (AvgIpc) is 2.91. The van der Waals surface area contributed by atoms with E-state index in [0.717, 1.165) is 42.8 Å². The van der Waals surface area contributed by atoms with E-state index in [9.17, 15) is 4.39 Å². The Morgan fingerprint density at radius 2 is 2.17 bits per heavy atom. The summed E-state index contributed by atoms with van der Waals surface area (Å²) in [6.07, 6.45) is 5.15. The fourth-order valence-corrected chi connectivity index (χ4v) is 2.56. The van der Waals surface area contributed by atoms with E-state index in [1.54, 1.807) is 7.05 Å². The zero-order chi connectivity index (χ0) is 15.9.